The Bertz CT molecular complexity index is 697. The highest BCUT2D eigenvalue weighted by molar-refractivity contribution is 5.67. The van der Waals surface area contributed by atoms with E-state index in [0.717, 1.165) is 23.1 Å². The molecule has 0 saturated carbocycles. The Morgan fingerprint density at radius 3 is 2.77 bits per heavy atom. The van der Waals surface area contributed by atoms with Crippen molar-refractivity contribution in [2.24, 2.45) is 11.1 Å². The molecule has 112 valence electrons. The van der Waals surface area contributed by atoms with Crippen LogP contribution in [0, 0.1) is 34.0 Å². The van der Waals surface area contributed by atoms with Crippen LogP contribution >= 0.6 is 0 Å². The third-order valence-electron chi connectivity index (χ3n) is 3.39. The van der Waals surface area contributed by atoms with E-state index in [4.69, 9.17) is 0 Å². The quantitative estimate of drug-likeness (QED) is 0.577. The zero-order valence-corrected chi connectivity index (χ0v) is 13.3. The van der Waals surface area contributed by atoms with Crippen LogP contribution in [0.4, 0.5) is 0 Å². The van der Waals surface area contributed by atoms with Crippen molar-refractivity contribution >= 4 is 6.08 Å². The third-order valence-corrected chi connectivity index (χ3v) is 3.39. The van der Waals surface area contributed by atoms with E-state index >= 15 is 0 Å². The first-order valence-electron chi connectivity index (χ1n) is 7.28. The lowest BCUT2D eigenvalue weighted by atomic mass is 9.90. The number of benzene rings is 1. The van der Waals surface area contributed by atoms with E-state index in [1.54, 1.807) is 6.07 Å². The first-order chi connectivity index (χ1) is 10.6. The Labute approximate surface area is 132 Å². The molecule has 1 aromatic rings. The highest BCUT2D eigenvalue weighted by Gasteiger charge is 2.14. The van der Waals surface area contributed by atoms with Crippen molar-refractivity contribution in [1.82, 2.24) is 0 Å². The van der Waals surface area contributed by atoms with Gasteiger partial charge in [0.25, 0.3) is 0 Å². The number of hydrogen-bond donors (Lipinski definition) is 0. The second-order valence-corrected chi connectivity index (χ2v) is 5.02. The van der Waals surface area contributed by atoms with E-state index in [0.29, 0.717) is 17.7 Å². The molecule has 3 nitrogen and oxygen atoms in total. The first kappa shape index (κ1) is 17.4. The van der Waals surface area contributed by atoms with Crippen molar-refractivity contribution in [3.05, 3.63) is 57.6 Å². The molecule has 0 aliphatic heterocycles. The fraction of sp³-hybridized carbons (Fsp3) is 0.316. The predicted octanol–water partition coefficient (Wildman–Crippen LogP) is 4.81. The second kappa shape index (κ2) is 8.60. The summed E-state index contributed by atoms with van der Waals surface area (Å²) in [5, 5.41) is 12.2. The van der Waals surface area contributed by atoms with Crippen molar-refractivity contribution < 1.29 is 0 Å². The van der Waals surface area contributed by atoms with E-state index < -0.39 is 0 Å². The van der Waals surface area contributed by atoms with E-state index in [1.807, 2.05) is 39.0 Å². The standard InChI is InChI=1S/C19H20N2O/c1-5-7-9-19-17(13-20)11-10-16(18(19)8-6-2)12-14(3)15(4)21-22/h6,8,10-11,14H,4-5,12H2,1-3H3/b8-6-. The smallest absolute Gasteiger partial charge is 0.100 e. The molecular formula is C19H20N2O. The minimum absolute atomic E-state index is 0.0542. The summed E-state index contributed by atoms with van der Waals surface area (Å²) in [6, 6.07) is 5.90. The minimum atomic E-state index is -0.0542. The fourth-order valence-electron chi connectivity index (χ4n) is 2.14. The van der Waals surface area contributed by atoms with Crippen LogP contribution in [-0.4, -0.2) is 0 Å². The van der Waals surface area contributed by atoms with Gasteiger partial charge < -0.3 is 0 Å². The fourth-order valence-corrected chi connectivity index (χ4v) is 2.14. The molecule has 1 rings (SSSR count). The Kier molecular flexibility index (Phi) is 6.80. The highest BCUT2D eigenvalue weighted by Crippen LogP contribution is 2.25. The molecule has 22 heavy (non-hydrogen) atoms. The summed E-state index contributed by atoms with van der Waals surface area (Å²) >= 11 is 0. The van der Waals surface area contributed by atoms with Gasteiger partial charge in [-0.05, 0) is 35.7 Å². The van der Waals surface area contributed by atoms with Gasteiger partial charge in [0.15, 0.2) is 0 Å². The van der Waals surface area contributed by atoms with Gasteiger partial charge >= 0.3 is 0 Å². The maximum Gasteiger partial charge on any atom is 0.100 e. The molecule has 3 heteroatoms. The van der Waals surface area contributed by atoms with Gasteiger partial charge in [0.05, 0.1) is 11.3 Å². The van der Waals surface area contributed by atoms with Gasteiger partial charge in [-0.15, -0.1) is 4.91 Å². The van der Waals surface area contributed by atoms with Crippen molar-refractivity contribution in [3.63, 3.8) is 0 Å². The lowest BCUT2D eigenvalue weighted by molar-refractivity contribution is 0.670. The van der Waals surface area contributed by atoms with Crippen LogP contribution in [0.2, 0.25) is 0 Å². The molecule has 0 spiro atoms. The summed E-state index contributed by atoms with van der Waals surface area (Å²) in [5.41, 5.74) is 3.62. The van der Waals surface area contributed by atoms with Crippen molar-refractivity contribution in [3.8, 4) is 17.9 Å². The van der Waals surface area contributed by atoms with Gasteiger partial charge in [-0.3, -0.25) is 0 Å². The largest absolute Gasteiger partial charge is 0.192 e. The molecule has 0 bridgehead atoms. The highest BCUT2D eigenvalue weighted by atomic mass is 16.3. The summed E-state index contributed by atoms with van der Waals surface area (Å²) in [6.45, 7) is 9.49. The zero-order valence-electron chi connectivity index (χ0n) is 13.3. The minimum Gasteiger partial charge on any atom is -0.192 e. The van der Waals surface area contributed by atoms with Gasteiger partial charge in [-0.2, -0.15) is 5.26 Å². The molecule has 0 saturated heterocycles. The molecule has 0 amide bonds. The SMILES string of the molecule is C=C(N=O)C(C)Cc1ccc(C#N)c(C#CCC)c1/C=C\C. The van der Waals surface area contributed by atoms with Crippen LogP contribution < -0.4 is 0 Å². The monoisotopic (exact) mass is 292 g/mol. The Hall–Kier alpha value is -2.65. The Balaban J connectivity index is 3.43. The number of nitroso groups, excluding NO2 is 1. The average Bonchev–Trinajstić information content (AvgIpc) is 2.54. The molecule has 0 aliphatic rings. The molecule has 0 aromatic heterocycles. The third kappa shape index (κ3) is 4.17. The maximum absolute atomic E-state index is 10.6. The molecular weight excluding hydrogens is 272 g/mol. The van der Waals surface area contributed by atoms with Crippen LogP contribution in [0.25, 0.3) is 6.08 Å². The normalized spacial score (nSPS) is 11.4. The summed E-state index contributed by atoms with van der Waals surface area (Å²) < 4.78 is 0. The van der Waals surface area contributed by atoms with Crippen LogP contribution in [0.1, 0.15) is 49.4 Å². The van der Waals surface area contributed by atoms with E-state index in [9.17, 15) is 10.2 Å². The molecule has 0 N–H and O–H groups in total. The van der Waals surface area contributed by atoms with Gasteiger partial charge in [0.2, 0.25) is 0 Å². The summed E-state index contributed by atoms with van der Waals surface area (Å²) in [4.78, 5) is 10.6. The first-order valence-corrected chi connectivity index (χ1v) is 7.28. The van der Waals surface area contributed by atoms with Crippen LogP contribution in [0.15, 0.2) is 35.7 Å². The molecule has 1 unspecified atom stereocenters. The summed E-state index contributed by atoms with van der Waals surface area (Å²) in [6.07, 6.45) is 5.25. The van der Waals surface area contributed by atoms with Crippen molar-refractivity contribution in [2.75, 3.05) is 0 Å². The number of allylic oxidation sites excluding steroid dienone is 2. The van der Waals surface area contributed by atoms with Gasteiger partial charge in [-0.1, -0.05) is 50.5 Å². The van der Waals surface area contributed by atoms with Gasteiger partial charge in [0.1, 0.15) is 6.07 Å². The van der Waals surface area contributed by atoms with Crippen molar-refractivity contribution in [1.29, 1.82) is 5.26 Å². The number of nitrogens with zero attached hydrogens (tertiary/aromatic N) is 2. The van der Waals surface area contributed by atoms with Gasteiger partial charge in [0, 0.05) is 17.9 Å². The molecule has 0 radical (unpaired) electrons. The van der Waals surface area contributed by atoms with E-state index in [2.05, 4.69) is 29.7 Å². The zero-order chi connectivity index (χ0) is 16.5. The molecule has 1 atom stereocenters. The van der Waals surface area contributed by atoms with Crippen LogP contribution in [0.5, 0.6) is 0 Å². The maximum atomic E-state index is 10.6. The molecule has 0 heterocycles. The molecule has 1 aromatic carbocycles. The Morgan fingerprint density at radius 2 is 2.23 bits per heavy atom. The van der Waals surface area contributed by atoms with E-state index in [-0.39, 0.29) is 5.92 Å². The molecule has 0 fully saturated rings. The average molecular weight is 292 g/mol. The predicted molar refractivity (Wildman–Crippen MR) is 90.8 cm³/mol. The number of hydrogen-bond acceptors (Lipinski definition) is 3. The lowest BCUT2D eigenvalue weighted by Gasteiger charge is -2.14. The van der Waals surface area contributed by atoms with Crippen LogP contribution in [-0.2, 0) is 6.42 Å². The summed E-state index contributed by atoms with van der Waals surface area (Å²) in [7, 11) is 0. The van der Waals surface area contributed by atoms with E-state index in [1.165, 1.54) is 0 Å². The van der Waals surface area contributed by atoms with Gasteiger partial charge in [-0.25, -0.2) is 0 Å². The van der Waals surface area contributed by atoms with Crippen LogP contribution in [0.3, 0.4) is 0 Å². The topological polar surface area (TPSA) is 53.2 Å². The lowest BCUT2D eigenvalue weighted by Crippen LogP contribution is -2.05. The number of nitriles is 1. The second-order valence-electron chi connectivity index (χ2n) is 5.02. The van der Waals surface area contributed by atoms with Crippen molar-refractivity contribution in [2.45, 2.75) is 33.6 Å². The summed E-state index contributed by atoms with van der Waals surface area (Å²) in [5.74, 6) is 6.07. The number of rotatable bonds is 5. The molecule has 0 aliphatic carbocycles. The Morgan fingerprint density at radius 1 is 1.50 bits per heavy atom.